The van der Waals surface area contributed by atoms with E-state index in [1.165, 1.54) is 6.21 Å². The molecule has 1 fully saturated rings. The van der Waals surface area contributed by atoms with E-state index in [1.54, 1.807) is 18.5 Å². The maximum absolute atomic E-state index is 6.31. The molecule has 5 N–H and O–H groups in total. The van der Waals surface area contributed by atoms with Gasteiger partial charge in [0.25, 0.3) is 0 Å². The number of H-pyrrole nitrogens is 1. The van der Waals surface area contributed by atoms with Crippen molar-refractivity contribution in [2.24, 2.45) is 5.73 Å². The Morgan fingerprint density at radius 2 is 2.30 bits per heavy atom. The van der Waals surface area contributed by atoms with Crippen molar-refractivity contribution in [1.29, 1.82) is 0 Å². The van der Waals surface area contributed by atoms with Crippen molar-refractivity contribution in [3.05, 3.63) is 42.2 Å². The van der Waals surface area contributed by atoms with Gasteiger partial charge < -0.3 is 15.4 Å². The molecule has 8 nitrogen and oxygen atoms in total. The number of nitrogens with two attached hydrogens (primary N) is 2. The lowest BCUT2D eigenvalue weighted by Crippen LogP contribution is -2.44. The quantitative estimate of drug-likeness (QED) is 0.576. The molecular formula is C19H22N7O+. The van der Waals surface area contributed by atoms with Crippen LogP contribution in [0, 0.1) is 0 Å². The number of aromatic amines is 1. The fourth-order valence-corrected chi connectivity index (χ4v) is 3.37. The molecule has 8 heteroatoms. The lowest BCUT2D eigenvalue weighted by molar-refractivity contribution is -0.104. The molecule has 1 aliphatic rings. The molecule has 0 spiro atoms. The molecule has 4 rings (SSSR count). The van der Waals surface area contributed by atoms with E-state index < -0.39 is 0 Å². The molecule has 1 atom stereocenters. The second-order valence-corrected chi connectivity index (χ2v) is 6.49. The first-order valence-corrected chi connectivity index (χ1v) is 8.84. The molecule has 0 saturated carbocycles. The first kappa shape index (κ1) is 17.2. The van der Waals surface area contributed by atoms with Gasteiger partial charge in [-0.1, -0.05) is 0 Å². The van der Waals surface area contributed by atoms with Crippen LogP contribution in [0.4, 0.5) is 5.82 Å². The zero-order valence-electron chi connectivity index (χ0n) is 15.1. The van der Waals surface area contributed by atoms with Gasteiger partial charge in [-0.25, -0.2) is 4.98 Å². The average Bonchev–Trinajstić information content (AvgIpc) is 3.22. The van der Waals surface area contributed by atoms with Crippen LogP contribution < -0.4 is 16.0 Å². The third-order valence-corrected chi connectivity index (χ3v) is 4.72. The number of nitrogens with zero attached hydrogens (tertiary/aromatic N) is 4. The minimum absolute atomic E-state index is 0.218. The SMILES string of the molecule is C[C@@H]1COCCN1c1cc(/C(N)=C/C=[NH2+])c2ccnc(-c3ccn[nH]3)c2n1. The number of hydrogen-bond donors (Lipinski definition) is 3. The molecule has 0 amide bonds. The lowest BCUT2D eigenvalue weighted by Gasteiger charge is -2.34. The highest BCUT2D eigenvalue weighted by Crippen LogP contribution is 2.32. The molecule has 138 valence electrons. The third-order valence-electron chi connectivity index (χ3n) is 4.72. The van der Waals surface area contributed by atoms with Gasteiger partial charge in [-0.15, -0.1) is 0 Å². The van der Waals surface area contributed by atoms with Gasteiger partial charge in [0.15, 0.2) is 6.21 Å². The summed E-state index contributed by atoms with van der Waals surface area (Å²) in [5.41, 5.74) is 10.1. The van der Waals surface area contributed by atoms with Crippen molar-refractivity contribution >= 4 is 28.6 Å². The summed E-state index contributed by atoms with van der Waals surface area (Å²) in [5.74, 6) is 0.843. The van der Waals surface area contributed by atoms with Crippen LogP contribution in [0.15, 0.2) is 36.7 Å². The first-order chi connectivity index (χ1) is 13.2. The summed E-state index contributed by atoms with van der Waals surface area (Å²) in [4.78, 5) is 11.7. The summed E-state index contributed by atoms with van der Waals surface area (Å²) in [6.07, 6.45) is 6.58. The number of pyridine rings is 2. The fraction of sp³-hybridized carbons (Fsp3) is 0.263. The largest absolute Gasteiger partial charge is 0.398 e. The van der Waals surface area contributed by atoms with Crippen molar-refractivity contribution in [1.82, 2.24) is 20.2 Å². The summed E-state index contributed by atoms with van der Waals surface area (Å²) < 4.78 is 5.57. The number of aromatic nitrogens is 4. The molecule has 0 bridgehead atoms. The highest BCUT2D eigenvalue weighted by atomic mass is 16.5. The van der Waals surface area contributed by atoms with Gasteiger partial charge >= 0.3 is 0 Å². The van der Waals surface area contributed by atoms with Crippen LogP contribution in [-0.4, -0.2) is 52.2 Å². The molecule has 0 aromatic carbocycles. The Bertz CT molecular complexity index is 997. The molecule has 0 radical (unpaired) electrons. The molecule has 4 heterocycles. The lowest BCUT2D eigenvalue weighted by atomic mass is 10.0. The van der Waals surface area contributed by atoms with Crippen LogP contribution in [0.1, 0.15) is 12.5 Å². The number of hydrogen-bond acceptors (Lipinski definition) is 6. The smallest absolute Gasteiger partial charge is 0.162 e. The summed E-state index contributed by atoms with van der Waals surface area (Å²) in [7, 11) is 0. The number of anilines is 1. The highest BCUT2D eigenvalue weighted by Gasteiger charge is 2.23. The van der Waals surface area contributed by atoms with Gasteiger partial charge in [0.2, 0.25) is 0 Å². The Morgan fingerprint density at radius 3 is 3.04 bits per heavy atom. The van der Waals surface area contributed by atoms with E-state index in [1.807, 2.05) is 18.2 Å². The zero-order chi connectivity index (χ0) is 18.8. The van der Waals surface area contributed by atoms with Gasteiger partial charge in [-0.05, 0) is 25.1 Å². The Morgan fingerprint density at radius 1 is 1.41 bits per heavy atom. The van der Waals surface area contributed by atoms with Gasteiger partial charge in [-0.2, -0.15) is 5.10 Å². The number of nitrogens with one attached hydrogen (secondary N) is 1. The average molecular weight is 364 g/mol. The van der Waals surface area contributed by atoms with Crippen LogP contribution >= 0.6 is 0 Å². The monoisotopic (exact) mass is 364 g/mol. The normalized spacial score (nSPS) is 18.0. The van der Waals surface area contributed by atoms with E-state index in [-0.39, 0.29) is 6.04 Å². The van der Waals surface area contributed by atoms with Crippen molar-refractivity contribution in [2.45, 2.75) is 13.0 Å². The van der Waals surface area contributed by atoms with Gasteiger partial charge in [0.05, 0.1) is 24.9 Å². The second-order valence-electron chi connectivity index (χ2n) is 6.49. The summed E-state index contributed by atoms with van der Waals surface area (Å²) >= 11 is 0. The van der Waals surface area contributed by atoms with Gasteiger partial charge in [-0.3, -0.25) is 15.5 Å². The van der Waals surface area contributed by atoms with E-state index in [0.29, 0.717) is 18.9 Å². The predicted molar refractivity (Wildman–Crippen MR) is 105 cm³/mol. The maximum Gasteiger partial charge on any atom is 0.162 e. The minimum atomic E-state index is 0.218. The zero-order valence-corrected chi connectivity index (χ0v) is 15.1. The van der Waals surface area contributed by atoms with E-state index in [4.69, 9.17) is 20.9 Å². The Hall–Kier alpha value is -3.26. The molecular weight excluding hydrogens is 342 g/mol. The van der Waals surface area contributed by atoms with Crippen LogP contribution in [0.5, 0.6) is 0 Å². The van der Waals surface area contributed by atoms with Crippen molar-refractivity contribution in [2.75, 3.05) is 24.7 Å². The van der Waals surface area contributed by atoms with E-state index in [0.717, 1.165) is 40.2 Å². The number of ether oxygens (including phenoxy) is 1. The van der Waals surface area contributed by atoms with Gasteiger partial charge in [0.1, 0.15) is 17.0 Å². The number of fused-ring (bicyclic) bond motifs is 1. The summed E-state index contributed by atoms with van der Waals surface area (Å²) in [6, 6.07) is 6.02. The standard InChI is InChI=1S/C19H21N7O/c1-12-11-27-9-8-26(12)17-10-14(15(21)2-5-20)13-3-6-22-19(18(13)24-17)16-4-7-23-25-16/h2-7,10,12,20H,8-9,11,21H2,1H3,(H,23,25)/p+1/b15-2-,20-5?/t12-/m1/s1. The highest BCUT2D eigenvalue weighted by molar-refractivity contribution is 6.00. The van der Waals surface area contributed by atoms with Crippen LogP contribution in [0.2, 0.25) is 0 Å². The van der Waals surface area contributed by atoms with Gasteiger partial charge in [0, 0.05) is 41.7 Å². The second kappa shape index (κ2) is 7.16. The summed E-state index contributed by atoms with van der Waals surface area (Å²) in [6.45, 7) is 4.22. The number of allylic oxidation sites excluding steroid dienone is 1. The Labute approximate surface area is 156 Å². The molecule has 3 aromatic heterocycles. The maximum atomic E-state index is 6.31. The van der Waals surface area contributed by atoms with Crippen LogP contribution in [0.25, 0.3) is 28.0 Å². The molecule has 27 heavy (non-hydrogen) atoms. The molecule has 3 aromatic rings. The fourth-order valence-electron chi connectivity index (χ4n) is 3.37. The topological polar surface area (TPSA) is 119 Å². The van der Waals surface area contributed by atoms with Crippen molar-refractivity contribution in [3.8, 4) is 11.4 Å². The van der Waals surface area contributed by atoms with E-state index in [2.05, 4.69) is 27.0 Å². The summed E-state index contributed by atoms with van der Waals surface area (Å²) in [5, 5.41) is 13.5. The Balaban J connectivity index is 1.98. The Kier molecular flexibility index (Phi) is 4.55. The van der Waals surface area contributed by atoms with E-state index >= 15 is 0 Å². The number of morpholine rings is 1. The predicted octanol–water partition coefficient (Wildman–Crippen LogP) is 0.375. The van der Waals surface area contributed by atoms with Crippen molar-refractivity contribution in [3.63, 3.8) is 0 Å². The molecule has 1 aliphatic heterocycles. The van der Waals surface area contributed by atoms with Crippen LogP contribution in [-0.2, 0) is 4.74 Å². The number of rotatable bonds is 4. The third kappa shape index (κ3) is 3.15. The molecule has 0 aliphatic carbocycles. The minimum Gasteiger partial charge on any atom is -0.398 e. The molecule has 0 unspecified atom stereocenters. The van der Waals surface area contributed by atoms with Crippen molar-refractivity contribution < 1.29 is 10.1 Å². The first-order valence-electron chi connectivity index (χ1n) is 8.84. The molecule has 1 saturated heterocycles. The van der Waals surface area contributed by atoms with Crippen LogP contribution in [0.3, 0.4) is 0 Å². The van der Waals surface area contributed by atoms with E-state index in [9.17, 15) is 0 Å².